The van der Waals surface area contributed by atoms with E-state index >= 15 is 0 Å². The van der Waals surface area contributed by atoms with Gasteiger partial charge in [-0.05, 0) is 6.42 Å². The summed E-state index contributed by atoms with van der Waals surface area (Å²) >= 11 is 0. The van der Waals surface area contributed by atoms with Crippen LogP contribution in [0.4, 0.5) is 0 Å². The number of hydrogen-bond donors (Lipinski definition) is 1. The van der Waals surface area contributed by atoms with Gasteiger partial charge in [0.25, 0.3) is 0 Å². The fraction of sp³-hybridized carbons (Fsp3) is 0.750. The molecule has 0 aromatic rings. The largest absolute Gasteiger partial charge is 1.00 e. The van der Waals surface area contributed by atoms with Gasteiger partial charge < -0.3 is 39.3 Å². The molecule has 0 spiro atoms. The Bertz CT molecular complexity index is 70.2. The maximum absolute atomic E-state index is 10.1. The van der Waals surface area contributed by atoms with E-state index in [2.05, 4.69) is 5.32 Å². The number of nitrogens with one attached hydrogen (secondary N) is 1. The van der Waals surface area contributed by atoms with Crippen molar-refractivity contribution in [3.63, 3.8) is 0 Å². The molecule has 1 amide bonds. The summed E-state index contributed by atoms with van der Waals surface area (Å²) in [4.78, 5) is 10.1. The van der Waals surface area contributed by atoms with Crippen LogP contribution in [0.5, 0.6) is 0 Å². The zero-order valence-corrected chi connectivity index (χ0v) is 9.58. The standard InChI is InChI=1S/C4H7NO.3BrH/c6-4-2-1-3-5-4;;;/h1-3H2,(H,5,6);3*1H/p-2. The first-order chi connectivity index (χ1) is 2.89. The lowest BCUT2D eigenvalue weighted by Crippen LogP contribution is -3.00. The molecule has 1 rings (SSSR count). The van der Waals surface area contributed by atoms with E-state index in [9.17, 15) is 4.79 Å². The van der Waals surface area contributed by atoms with Crippen molar-refractivity contribution in [3.05, 3.63) is 0 Å². The number of carbonyl (C=O) groups excluding carboxylic acids is 1. The van der Waals surface area contributed by atoms with E-state index in [1.54, 1.807) is 0 Å². The molecule has 0 unspecified atom stereocenters. The van der Waals surface area contributed by atoms with Crippen molar-refractivity contribution in [2.75, 3.05) is 6.54 Å². The smallest absolute Gasteiger partial charge is 0.220 e. The van der Waals surface area contributed by atoms with E-state index in [1.807, 2.05) is 0 Å². The molecule has 0 radical (unpaired) electrons. The van der Waals surface area contributed by atoms with Gasteiger partial charge >= 0.3 is 0 Å². The maximum atomic E-state index is 10.1. The lowest BCUT2D eigenvalue weighted by atomic mass is 10.4. The van der Waals surface area contributed by atoms with Gasteiger partial charge in [-0.25, -0.2) is 0 Å². The van der Waals surface area contributed by atoms with E-state index in [1.165, 1.54) is 0 Å². The molecule has 9 heavy (non-hydrogen) atoms. The van der Waals surface area contributed by atoms with Gasteiger partial charge in [0.15, 0.2) is 0 Å². The van der Waals surface area contributed by atoms with E-state index in [4.69, 9.17) is 0 Å². The molecular formula is C4H8Br3NO-2. The van der Waals surface area contributed by atoms with Crippen LogP contribution in [0.3, 0.4) is 0 Å². The summed E-state index contributed by atoms with van der Waals surface area (Å²) in [6, 6.07) is 0. The van der Waals surface area contributed by atoms with Crippen LogP contribution in [0.15, 0.2) is 0 Å². The van der Waals surface area contributed by atoms with E-state index < -0.39 is 0 Å². The fourth-order valence-corrected chi connectivity index (χ4v) is 0.565. The Morgan fingerprint density at radius 1 is 1.33 bits per heavy atom. The molecule has 1 fully saturated rings. The van der Waals surface area contributed by atoms with Gasteiger partial charge in [-0.1, -0.05) is 0 Å². The number of hydrogen-bond acceptors (Lipinski definition) is 1. The van der Waals surface area contributed by atoms with Crippen LogP contribution in [0, 0.1) is 0 Å². The molecule has 0 aromatic carbocycles. The Balaban J connectivity index is -0.000000120. The van der Waals surface area contributed by atoms with Crippen LogP contribution in [-0.4, -0.2) is 12.5 Å². The number of rotatable bonds is 0. The second kappa shape index (κ2) is 8.91. The van der Waals surface area contributed by atoms with E-state index in [-0.39, 0.29) is 56.9 Å². The van der Waals surface area contributed by atoms with Gasteiger partial charge in [-0.15, -0.1) is 17.0 Å². The summed E-state index contributed by atoms with van der Waals surface area (Å²) in [6.45, 7) is 0.888. The molecule has 1 N–H and O–H groups in total. The van der Waals surface area contributed by atoms with E-state index in [0.717, 1.165) is 19.4 Å². The zero-order valence-electron chi connectivity index (χ0n) is 4.69. The maximum Gasteiger partial charge on any atom is 0.220 e. The van der Waals surface area contributed by atoms with Crippen molar-refractivity contribution < 1.29 is 38.8 Å². The molecule has 1 saturated heterocycles. The highest BCUT2D eigenvalue weighted by Crippen LogP contribution is 1.93. The minimum Gasteiger partial charge on any atom is -1.00 e. The lowest BCUT2D eigenvalue weighted by Gasteiger charge is -1.80. The van der Waals surface area contributed by atoms with Crippen LogP contribution < -0.4 is 39.3 Å². The molecule has 0 aliphatic carbocycles. The van der Waals surface area contributed by atoms with Crippen molar-refractivity contribution >= 4 is 22.9 Å². The Morgan fingerprint density at radius 2 is 1.89 bits per heavy atom. The van der Waals surface area contributed by atoms with Crippen molar-refractivity contribution in [3.8, 4) is 0 Å². The molecule has 0 bridgehead atoms. The first-order valence-electron chi connectivity index (χ1n) is 2.16. The molecule has 0 atom stereocenters. The molecule has 1 aliphatic rings. The van der Waals surface area contributed by atoms with Gasteiger partial charge in [0, 0.05) is 13.0 Å². The minimum atomic E-state index is 0. The second-order valence-corrected chi connectivity index (χ2v) is 1.45. The third-order valence-corrected chi connectivity index (χ3v) is 0.903. The van der Waals surface area contributed by atoms with Gasteiger partial charge in [0.2, 0.25) is 5.91 Å². The second-order valence-electron chi connectivity index (χ2n) is 1.45. The molecular weight excluding hydrogens is 318 g/mol. The first-order valence-corrected chi connectivity index (χ1v) is 2.16. The molecule has 5 heteroatoms. The summed E-state index contributed by atoms with van der Waals surface area (Å²) in [5.74, 6) is 0.204. The number of amides is 1. The Labute approximate surface area is 86.1 Å². The highest BCUT2D eigenvalue weighted by molar-refractivity contribution is 8.93. The van der Waals surface area contributed by atoms with Crippen LogP contribution in [0.25, 0.3) is 0 Å². The first kappa shape index (κ1) is 16.5. The fourth-order valence-electron chi connectivity index (χ4n) is 0.565. The summed E-state index contributed by atoms with van der Waals surface area (Å²) < 4.78 is 0. The summed E-state index contributed by atoms with van der Waals surface area (Å²) in [6.07, 6.45) is 1.76. The monoisotopic (exact) mass is 323 g/mol. The lowest BCUT2D eigenvalue weighted by molar-refractivity contribution is -0.119. The van der Waals surface area contributed by atoms with Crippen LogP contribution >= 0.6 is 17.0 Å². The highest BCUT2D eigenvalue weighted by Gasteiger charge is 2.05. The number of carbonyl (C=O) groups is 1. The van der Waals surface area contributed by atoms with Crippen molar-refractivity contribution in [1.29, 1.82) is 0 Å². The van der Waals surface area contributed by atoms with Gasteiger partial charge in [0.1, 0.15) is 0 Å². The molecule has 58 valence electrons. The van der Waals surface area contributed by atoms with E-state index in [0.29, 0.717) is 0 Å². The summed E-state index contributed by atoms with van der Waals surface area (Å²) in [7, 11) is 0. The van der Waals surface area contributed by atoms with Crippen molar-refractivity contribution in [1.82, 2.24) is 5.32 Å². The Kier molecular flexibility index (Phi) is 16.3. The third kappa shape index (κ3) is 6.80. The molecule has 1 aliphatic heterocycles. The quantitative estimate of drug-likeness (QED) is 0.473. The molecule has 1 heterocycles. The van der Waals surface area contributed by atoms with Crippen LogP contribution in [0.1, 0.15) is 12.8 Å². The SMILES string of the molecule is Br.O=C1CCCN1.[Br-].[Br-]. The Hall–Kier alpha value is 0.910. The van der Waals surface area contributed by atoms with Crippen LogP contribution in [0.2, 0.25) is 0 Å². The van der Waals surface area contributed by atoms with Gasteiger partial charge in [0.05, 0.1) is 0 Å². The van der Waals surface area contributed by atoms with Gasteiger partial charge in [-0.3, -0.25) is 4.79 Å². The topological polar surface area (TPSA) is 29.1 Å². The zero-order chi connectivity index (χ0) is 4.41. The Morgan fingerprint density at radius 3 is 2.00 bits per heavy atom. The summed E-state index contributed by atoms with van der Waals surface area (Å²) in [5.41, 5.74) is 0. The molecule has 2 nitrogen and oxygen atoms in total. The van der Waals surface area contributed by atoms with Crippen molar-refractivity contribution in [2.24, 2.45) is 0 Å². The minimum absolute atomic E-state index is 0. The average Bonchev–Trinajstić information content (AvgIpc) is 1.86. The predicted octanol–water partition coefficient (Wildman–Crippen LogP) is -5.52. The number of halogens is 3. The third-order valence-electron chi connectivity index (χ3n) is 0.903. The summed E-state index contributed by atoms with van der Waals surface area (Å²) in [5, 5.41) is 2.68. The van der Waals surface area contributed by atoms with Crippen molar-refractivity contribution in [2.45, 2.75) is 12.8 Å². The molecule has 0 aromatic heterocycles. The normalized spacial score (nSPS) is 14.0. The van der Waals surface area contributed by atoms with Crippen LogP contribution in [-0.2, 0) is 4.79 Å². The highest BCUT2D eigenvalue weighted by atomic mass is 79.9. The van der Waals surface area contributed by atoms with Gasteiger partial charge in [-0.2, -0.15) is 0 Å². The predicted molar refractivity (Wildman–Crippen MR) is 32.6 cm³/mol. The average molecular weight is 326 g/mol. The molecule has 0 saturated carbocycles.